The zero-order valence-corrected chi connectivity index (χ0v) is 49.5. The summed E-state index contributed by atoms with van der Waals surface area (Å²) in [7, 11) is 0. The normalized spacial score (nSPS) is 11.7. The second kappa shape index (κ2) is 57.4. The Hall–Kier alpha value is -0.850. The molecule has 1 nitrogen and oxygen atoms in total. The van der Waals surface area contributed by atoms with E-state index < -0.39 is 0 Å². The topological polar surface area (TPSA) is 14.1 Å². The first-order valence-corrected chi connectivity index (χ1v) is 33.8. The monoisotopic (exact) mass is 977 g/mol. The molecule has 414 valence electrons. The van der Waals surface area contributed by atoms with Crippen molar-refractivity contribution in [3.05, 3.63) is 28.6 Å². The summed E-state index contributed by atoms with van der Waals surface area (Å²) in [5.41, 5.74) is 6.96. The van der Waals surface area contributed by atoms with E-state index in [-0.39, 0.29) is 0 Å². The highest BCUT2D eigenvalue weighted by molar-refractivity contribution is 5.35. The lowest BCUT2D eigenvalue weighted by Gasteiger charge is -2.16. The van der Waals surface area contributed by atoms with Crippen LogP contribution in [-0.2, 0) is 25.7 Å². The number of pyridine rings is 1. The molecule has 1 heteroatoms. The number of nitrogens with one attached hydrogen (secondary N) is 1. The third kappa shape index (κ3) is 45.7. The second-order valence-electron chi connectivity index (χ2n) is 23.6. The summed E-state index contributed by atoms with van der Waals surface area (Å²) in [6.07, 6.45) is 88.8. The van der Waals surface area contributed by atoms with Crippen LogP contribution in [0.2, 0.25) is 0 Å². The van der Waals surface area contributed by atoms with Crippen LogP contribution in [-0.4, -0.2) is 0 Å². The quantitative estimate of drug-likeness (QED) is 0.0578. The molecule has 0 saturated carbocycles. The molecule has 70 heavy (non-hydrogen) atoms. The van der Waals surface area contributed by atoms with Gasteiger partial charge in [0.05, 0.1) is 0 Å². The number of hydrogen-bond acceptors (Lipinski definition) is 0. The number of aromatic amines is 1. The van der Waals surface area contributed by atoms with Crippen molar-refractivity contribution in [3.63, 3.8) is 0 Å². The second-order valence-corrected chi connectivity index (χ2v) is 23.6. The summed E-state index contributed by atoms with van der Waals surface area (Å²) < 4.78 is 0. The molecule has 0 unspecified atom stereocenters. The minimum Gasteiger partial charge on any atom is -0.215 e. The molecule has 1 N–H and O–H groups in total. The lowest BCUT2D eigenvalue weighted by atomic mass is 9.89. The van der Waals surface area contributed by atoms with Gasteiger partial charge in [0, 0.05) is 17.5 Å². The predicted octanol–water partition coefficient (Wildman–Crippen LogP) is 24.6. The Bertz CT molecular complexity index is 1030. The summed E-state index contributed by atoms with van der Waals surface area (Å²) in [6, 6.07) is 0. The molecule has 0 saturated heterocycles. The van der Waals surface area contributed by atoms with E-state index in [4.69, 9.17) is 0 Å². The fourth-order valence-corrected chi connectivity index (χ4v) is 11.8. The van der Waals surface area contributed by atoms with E-state index in [0.29, 0.717) is 0 Å². The third-order valence-corrected chi connectivity index (χ3v) is 16.7. The van der Waals surface area contributed by atoms with Gasteiger partial charge in [-0.05, 0) is 50.5 Å². The molecule has 0 aliphatic heterocycles. The van der Waals surface area contributed by atoms with Crippen LogP contribution in [0.4, 0.5) is 0 Å². The molecule has 1 aromatic rings. The molecular formula is C69H134N+. The molecular weight excluding hydrogens is 843 g/mol. The standard InChI is InChI=1S/C69H133N/c1-5-9-13-17-21-25-29-33-37-41-45-49-53-57-61-66-65-70-69(64-60-56-52-48-44-40-36-32-28-24-20-16-12-8-4)68(63-59-55-51-47-43-39-35-31-27-23-19-15-11-7-3)67(66)62-58-54-50-46-42-38-34-30-26-22-18-14-10-6-2/h65H,5-64H2,1-4H3/p+1. The highest BCUT2D eigenvalue weighted by Crippen LogP contribution is 2.26. The first-order chi connectivity index (χ1) is 34.8. The van der Waals surface area contributed by atoms with Crippen LogP contribution in [0.3, 0.4) is 0 Å². The van der Waals surface area contributed by atoms with Crippen molar-refractivity contribution < 1.29 is 4.98 Å². The number of hydrogen-bond donors (Lipinski definition) is 0. The predicted molar refractivity (Wildman–Crippen MR) is 319 cm³/mol. The Kier molecular flexibility index (Phi) is 55.1. The molecule has 0 bridgehead atoms. The molecule has 1 heterocycles. The Morgan fingerprint density at radius 3 is 0.629 bits per heavy atom. The average Bonchev–Trinajstić information content (AvgIpc) is 3.37. The van der Waals surface area contributed by atoms with Gasteiger partial charge in [0.25, 0.3) is 0 Å². The molecule has 0 fully saturated rings. The van der Waals surface area contributed by atoms with Gasteiger partial charge >= 0.3 is 0 Å². The summed E-state index contributed by atoms with van der Waals surface area (Å²) in [6.45, 7) is 9.32. The maximum atomic E-state index is 4.04. The van der Waals surface area contributed by atoms with Crippen LogP contribution in [0.5, 0.6) is 0 Å². The van der Waals surface area contributed by atoms with E-state index in [1.807, 2.05) is 5.56 Å². The zero-order chi connectivity index (χ0) is 50.2. The van der Waals surface area contributed by atoms with Crippen LogP contribution in [0.15, 0.2) is 6.20 Å². The molecule has 0 aliphatic rings. The Morgan fingerprint density at radius 2 is 0.386 bits per heavy atom. The Morgan fingerprint density at radius 1 is 0.200 bits per heavy atom. The first kappa shape index (κ1) is 67.2. The molecule has 0 radical (unpaired) electrons. The minimum absolute atomic E-state index is 1.27. The van der Waals surface area contributed by atoms with Crippen molar-refractivity contribution in [3.8, 4) is 0 Å². The van der Waals surface area contributed by atoms with Crippen molar-refractivity contribution in [1.29, 1.82) is 0 Å². The van der Waals surface area contributed by atoms with Gasteiger partial charge in [-0.15, -0.1) is 0 Å². The fraction of sp³-hybridized carbons (Fsp3) is 0.928. The van der Waals surface area contributed by atoms with Gasteiger partial charge in [0.15, 0.2) is 11.9 Å². The maximum Gasteiger partial charge on any atom is 0.183 e. The number of unbranched alkanes of at least 4 members (excludes halogenated alkanes) is 52. The van der Waals surface area contributed by atoms with Gasteiger partial charge in [-0.1, -0.05) is 362 Å². The summed E-state index contributed by atoms with van der Waals surface area (Å²) in [5, 5.41) is 0. The number of aryl methyl sites for hydroxylation is 2. The van der Waals surface area contributed by atoms with Gasteiger partial charge < -0.3 is 0 Å². The minimum atomic E-state index is 1.27. The summed E-state index contributed by atoms with van der Waals surface area (Å²) >= 11 is 0. The molecule has 0 spiro atoms. The van der Waals surface area contributed by atoms with Gasteiger partial charge in [-0.25, -0.2) is 4.98 Å². The largest absolute Gasteiger partial charge is 0.215 e. The van der Waals surface area contributed by atoms with Gasteiger partial charge in [-0.2, -0.15) is 0 Å². The van der Waals surface area contributed by atoms with E-state index in [9.17, 15) is 0 Å². The van der Waals surface area contributed by atoms with Crippen LogP contribution in [0.25, 0.3) is 0 Å². The molecule has 0 amide bonds. The van der Waals surface area contributed by atoms with Crippen LogP contribution >= 0.6 is 0 Å². The number of H-pyrrole nitrogens is 1. The molecule has 1 rings (SSSR count). The van der Waals surface area contributed by atoms with Crippen LogP contribution < -0.4 is 4.98 Å². The average molecular weight is 978 g/mol. The first-order valence-electron chi connectivity index (χ1n) is 33.8. The van der Waals surface area contributed by atoms with Crippen LogP contribution in [0, 0.1) is 0 Å². The molecule has 0 atom stereocenters. The van der Waals surface area contributed by atoms with E-state index >= 15 is 0 Å². The molecule has 0 aliphatic carbocycles. The summed E-state index contributed by atoms with van der Waals surface area (Å²) in [4.78, 5) is 4.04. The van der Waals surface area contributed by atoms with Gasteiger partial charge in [0.1, 0.15) is 0 Å². The van der Waals surface area contributed by atoms with Gasteiger partial charge in [-0.3, -0.25) is 0 Å². The fourth-order valence-electron chi connectivity index (χ4n) is 11.8. The van der Waals surface area contributed by atoms with Crippen LogP contribution in [0.1, 0.15) is 410 Å². The summed E-state index contributed by atoms with van der Waals surface area (Å²) in [5.74, 6) is 0. The smallest absolute Gasteiger partial charge is 0.183 e. The van der Waals surface area contributed by atoms with Crippen molar-refractivity contribution in [2.24, 2.45) is 0 Å². The Labute approximate surface area is 444 Å². The van der Waals surface area contributed by atoms with Crippen molar-refractivity contribution in [1.82, 2.24) is 0 Å². The molecule has 1 aromatic heterocycles. The SMILES string of the molecule is CCCCCCCCCCCCCCCCc1c[nH+]c(CCCCCCCCCCCCCCCC)c(CCCCCCCCCCCCCCCC)c1CCCCCCCCCCCCCCCC. The van der Waals surface area contributed by atoms with E-state index in [0.717, 1.165) is 0 Å². The van der Waals surface area contributed by atoms with Crippen molar-refractivity contribution >= 4 is 0 Å². The van der Waals surface area contributed by atoms with E-state index in [2.05, 4.69) is 38.9 Å². The highest BCUT2D eigenvalue weighted by Gasteiger charge is 2.19. The Balaban J connectivity index is 2.77. The van der Waals surface area contributed by atoms with Gasteiger partial charge in [0.2, 0.25) is 0 Å². The third-order valence-electron chi connectivity index (χ3n) is 16.7. The van der Waals surface area contributed by atoms with Crippen molar-refractivity contribution in [2.75, 3.05) is 0 Å². The zero-order valence-electron chi connectivity index (χ0n) is 49.5. The highest BCUT2D eigenvalue weighted by atomic mass is 14.7. The number of rotatable bonds is 60. The van der Waals surface area contributed by atoms with E-state index in [1.54, 1.807) is 16.8 Å². The number of aromatic nitrogens is 1. The van der Waals surface area contributed by atoms with E-state index in [1.165, 1.54) is 385 Å². The molecule has 0 aromatic carbocycles. The van der Waals surface area contributed by atoms with Crippen molar-refractivity contribution in [2.45, 2.75) is 413 Å². The lowest BCUT2D eigenvalue weighted by molar-refractivity contribution is -0.392. The lowest BCUT2D eigenvalue weighted by Crippen LogP contribution is -2.20. The maximum absolute atomic E-state index is 4.04.